The van der Waals surface area contributed by atoms with Gasteiger partial charge in [-0.2, -0.15) is 0 Å². The van der Waals surface area contributed by atoms with Gasteiger partial charge in [-0.15, -0.1) is 0 Å². The van der Waals surface area contributed by atoms with Crippen molar-refractivity contribution in [3.63, 3.8) is 0 Å². The molecule has 0 bridgehead atoms. The third-order valence-corrected chi connectivity index (χ3v) is 1.73. The molecule has 0 aliphatic carbocycles. The van der Waals surface area contributed by atoms with Gasteiger partial charge < -0.3 is 14.9 Å². The van der Waals surface area contributed by atoms with Crippen LogP contribution in [0.25, 0.3) is 0 Å². The van der Waals surface area contributed by atoms with Crippen molar-refractivity contribution < 1.29 is 14.4 Å². The van der Waals surface area contributed by atoms with Crippen molar-refractivity contribution in [3.05, 3.63) is 17.5 Å². The second-order valence-electron chi connectivity index (χ2n) is 2.80. The average Bonchev–Trinajstić information content (AvgIpc) is 2.47. The summed E-state index contributed by atoms with van der Waals surface area (Å²) in [4.78, 5) is 10.5. The number of nitrogens with zero attached hydrogens (tertiary/aromatic N) is 1. The van der Waals surface area contributed by atoms with Crippen LogP contribution in [-0.2, 0) is 4.79 Å². The van der Waals surface area contributed by atoms with E-state index >= 15 is 0 Å². The van der Waals surface area contributed by atoms with Crippen LogP contribution in [0.3, 0.4) is 0 Å². The van der Waals surface area contributed by atoms with Crippen LogP contribution in [0.15, 0.2) is 10.6 Å². The molecule has 0 aliphatic heterocycles. The zero-order chi connectivity index (χ0) is 9.84. The van der Waals surface area contributed by atoms with Crippen molar-refractivity contribution in [3.8, 4) is 0 Å². The first-order valence-corrected chi connectivity index (χ1v) is 3.95. The van der Waals surface area contributed by atoms with Gasteiger partial charge in [0.1, 0.15) is 11.5 Å². The summed E-state index contributed by atoms with van der Waals surface area (Å²) in [5.74, 6) is -0.180. The van der Waals surface area contributed by atoms with Crippen LogP contribution < -0.4 is 5.32 Å². The number of carbonyl (C=O) groups is 1. The van der Waals surface area contributed by atoms with E-state index < -0.39 is 5.97 Å². The standard InChI is InChI=1S/C8H12N2O3/c1-5-3-7(10-13-5)6(9-2)4-8(11)12/h3,6,9H,4H2,1-2H3,(H,11,12). The Morgan fingerprint density at radius 3 is 2.92 bits per heavy atom. The van der Waals surface area contributed by atoms with E-state index in [9.17, 15) is 4.79 Å². The van der Waals surface area contributed by atoms with E-state index in [1.165, 1.54) is 0 Å². The molecule has 1 rings (SSSR count). The molecule has 0 saturated heterocycles. The van der Waals surface area contributed by atoms with Gasteiger partial charge in [0.05, 0.1) is 12.5 Å². The van der Waals surface area contributed by atoms with Gasteiger partial charge in [0, 0.05) is 6.07 Å². The van der Waals surface area contributed by atoms with Crippen molar-refractivity contribution >= 4 is 5.97 Å². The van der Waals surface area contributed by atoms with Gasteiger partial charge in [0.15, 0.2) is 0 Å². The van der Waals surface area contributed by atoms with Gasteiger partial charge in [-0.1, -0.05) is 5.16 Å². The first-order valence-electron chi connectivity index (χ1n) is 3.95. The van der Waals surface area contributed by atoms with Crippen LogP contribution in [0.4, 0.5) is 0 Å². The summed E-state index contributed by atoms with van der Waals surface area (Å²) in [5, 5.41) is 15.2. The SMILES string of the molecule is CNC(CC(=O)O)c1cc(C)on1. The Morgan fingerprint density at radius 1 is 1.85 bits per heavy atom. The van der Waals surface area contributed by atoms with Crippen LogP contribution >= 0.6 is 0 Å². The van der Waals surface area contributed by atoms with Crippen molar-refractivity contribution in [1.82, 2.24) is 10.5 Å². The highest BCUT2D eigenvalue weighted by Crippen LogP contribution is 2.15. The zero-order valence-corrected chi connectivity index (χ0v) is 7.57. The van der Waals surface area contributed by atoms with E-state index in [1.807, 2.05) is 0 Å². The molecule has 0 spiro atoms. The zero-order valence-electron chi connectivity index (χ0n) is 7.57. The smallest absolute Gasteiger partial charge is 0.305 e. The second kappa shape index (κ2) is 4.04. The maximum absolute atomic E-state index is 10.5. The van der Waals surface area contributed by atoms with Crippen LogP contribution in [0.5, 0.6) is 0 Å². The average molecular weight is 184 g/mol. The molecule has 5 heteroatoms. The molecule has 1 aromatic heterocycles. The molecule has 0 aromatic carbocycles. The third-order valence-electron chi connectivity index (χ3n) is 1.73. The van der Waals surface area contributed by atoms with Gasteiger partial charge in [0.2, 0.25) is 0 Å². The lowest BCUT2D eigenvalue weighted by atomic mass is 10.1. The molecule has 2 N–H and O–H groups in total. The van der Waals surface area contributed by atoms with Crippen LogP contribution in [0.2, 0.25) is 0 Å². The Balaban J connectivity index is 2.72. The minimum atomic E-state index is -0.861. The summed E-state index contributed by atoms with van der Waals surface area (Å²) in [6.45, 7) is 1.77. The Labute approximate surface area is 75.7 Å². The maximum Gasteiger partial charge on any atom is 0.305 e. The number of aliphatic carboxylic acids is 1. The van der Waals surface area contributed by atoms with Crippen LogP contribution in [-0.4, -0.2) is 23.3 Å². The van der Waals surface area contributed by atoms with Gasteiger partial charge in [0.25, 0.3) is 0 Å². The largest absolute Gasteiger partial charge is 0.481 e. The number of hydrogen-bond donors (Lipinski definition) is 2. The Morgan fingerprint density at radius 2 is 2.54 bits per heavy atom. The maximum atomic E-state index is 10.5. The van der Waals surface area contributed by atoms with E-state index in [-0.39, 0.29) is 12.5 Å². The fourth-order valence-corrected chi connectivity index (χ4v) is 1.08. The van der Waals surface area contributed by atoms with E-state index in [0.29, 0.717) is 11.5 Å². The van der Waals surface area contributed by atoms with Gasteiger partial charge in [-0.25, -0.2) is 0 Å². The summed E-state index contributed by atoms with van der Waals surface area (Å²) in [7, 11) is 1.69. The molecule has 5 nitrogen and oxygen atoms in total. The fraction of sp³-hybridized carbons (Fsp3) is 0.500. The minimum absolute atomic E-state index is 0.00245. The van der Waals surface area contributed by atoms with Crippen molar-refractivity contribution in [2.24, 2.45) is 0 Å². The Hall–Kier alpha value is -1.36. The number of carboxylic acids is 1. The normalized spacial score (nSPS) is 12.8. The van der Waals surface area contributed by atoms with Crippen molar-refractivity contribution in [2.75, 3.05) is 7.05 Å². The molecule has 1 unspecified atom stereocenters. The first kappa shape index (κ1) is 9.73. The van der Waals surface area contributed by atoms with Crippen molar-refractivity contribution in [2.45, 2.75) is 19.4 Å². The number of aromatic nitrogens is 1. The highest BCUT2D eigenvalue weighted by molar-refractivity contribution is 5.67. The highest BCUT2D eigenvalue weighted by atomic mass is 16.5. The van der Waals surface area contributed by atoms with E-state index in [4.69, 9.17) is 9.63 Å². The van der Waals surface area contributed by atoms with E-state index in [2.05, 4.69) is 10.5 Å². The summed E-state index contributed by atoms with van der Waals surface area (Å²) >= 11 is 0. The Bertz CT molecular complexity index is 295. The molecule has 0 fully saturated rings. The number of nitrogens with one attached hydrogen (secondary N) is 1. The third kappa shape index (κ3) is 2.55. The molecule has 13 heavy (non-hydrogen) atoms. The lowest BCUT2D eigenvalue weighted by Gasteiger charge is -2.08. The first-order chi connectivity index (χ1) is 6.13. The van der Waals surface area contributed by atoms with Crippen LogP contribution in [0, 0.1) is 6.92 Å². The summed E-state index contributed by atoms with van der Waals surface area (Å²) in [6, 6.07) is 1.44. The lowest BCUT2D eigenvalue weighted by Crippen LogP contribution is -2.20. The summed E-state index contributed by atoms with van der Waals surface area (Å²) in [6.07, 6.45) is 0.00245. The lowest BCUT2D eigenvalue weighted by molar-refractivity contribution is -0.137. The molecular formula is C8H12N2O3. The molecule has 1 atom stereocenters. The molecule has 0 amide bonds. The minimum Gasteiger partial charge on any atom is -0.481 e. The fourth-order valence-electron chi connectivity index (χ4n) is 1.08. The molecule has 0 saturated carbocycles. The predicted molar refractivity (Wildman–Crippen MR) is 45.3 cm³/mol. The van der Waals surface area contributed by atoms with Gasteiger partial charge >= 0.3 is 5.97 Å². The van der Waals surface area contributed by atoms with Crippen molar-refractivity contribution in [1.29, 1.82) is 0 Å². The number of rotatable bonds is 4. The van der Waals surface area contributed by atoms with Gasteiger partial charge in [-0.3, -0.25) is 4.79 Å². The number of carboxylic acid groups (broad SMARTS) is 1. The highest BCUT2D eigenvalue weighted by Gasteiger charge is 2.16. The molecule has 1 heterocycles. The summed E-state index contributed by atoms with van der Waals surface area (Å²) < 4.78 is 4.85. The Kier molecular flexibility index (Phi) is 3.02. The van der Waals surface area contributed by atoms with Crippen LogP contribution in [0.1, 0.15) is 23.9 Å². The topological polar surface area (TPSA) is 75.4 Å². The summed E-state index contributed by atoms with van der Waals surface area (Å²) in [5.41, 5.74) is 0.627. The second-order valence-corrected chi connectivity index (χ2v) is 2.80. The van der Waals surface area contributed by atoms with E-state index in [0.717, 1.165) is 0 Å². The quantitative estimate of drug-likeness (QED) is 0.721. The monoisotopic (exact) mass is 184 g/mol. The molecule has 1 aromatic rings. The molecule has 0 radical (unpaired) electrons. The van der Waals surface area contributed by atoms with E-state index in [1.54, 1.807) is 20.0 Å². The molecule has 72 valence electrons. The number of aryl methyl sites for hydroxylation is 1. The number of hydrogen-bond acceptors (Lipinski definition) is 4. The molecular weight excluding hydrogens is 172 g/mol. The predicted octanol–water partition coefficient (Wildman–Crippen LogP) is 0.718. The molecule has 0 aliphatic rings. The van der Waals surface area contributed by atoms with Gasteiger partial charge in [-0.05, 0) is 14.0 Å².